The van der Waals surface area contributed by atoms with Crippen molar-refractivity contribution in [1.29, 1.82) is 0 Å². The predicted molar refractivity (Wildman–Crippen MR) is 127 cm³/mol. The molecule has 11 heteroatoms. The Hall–Kier alpha value is -3.70. The second-order valence-corrected chi connectivity index (χ2v) is 8.32. The van der Waals surface area contributed by atoms with Gasteiger partial charge in [-0.2, -0.15) is 0 Å². The van der Waals surface area contributed by atoms with Gasteiger partial charge in [-0.1, -0.05) is 30.3 Å². The van der Waals surface area contributed by atoms with Gasteiger partial charge in [0.15, 0.2) is 6.17 Å². The molecule has 1 atom stereocenters. The van der Waals surface area contributed by atoms with Crippen LogP contribution in [0.5, 0.6) is 0 Å². The second kappa shape index (κ2) is 11.2. The Bertz CT molecular complexity index is 1080. The highest BCUT2D eigenvalue weighted by molar-refractivity contribution is 5.96. The quantitative estimate of drug-likeness (QED) is 0.595. The monoisotopic (exact) mass is 484 g/mol. The summed E-state index contributed by atoms with van der Waals surface area (Å²) < 4.78 is 18.9. The molecule has 2 aliphatic heterocycles. The minimum Gasteiger partial charge on any atom is -0.378 e. The third-order valence-electron chi connectivity index (χ3n) is 5.96. The molecule has 0 saturated carbocycles. The van der Waals surface area contributed by atoms with E-state index in [-0.39, 0.29) is 31.4 Å². The van der Waals surface area contributed by atoms with Crippen molar-refractivity contribution in [2.75, 3.05) is 44.7 Å². The lowest BCUT2D eigenvalue weighted by Gasteiger charge is -2.34. The predicted octanol–water partition coefficient (Wildman–Crippen LogP) is 1.53. The summed E-state index contributed by atoms with van der Waals surface area (Å²) in [6.07, 6.45) is -1.16. The summed E-state index contributed by atoms with van der Waals surface area (Å²) in [5.41, 5.74) is 7.73. The van der Waals surface area contributed by atoms with Crippen molar-refractivity contribution in [3.8, 4) is 0 Å². The SMILES string of the molecule is NCc1cccc(CNC(=O)C2N(C(=O)Nc3cccc(F)c3)CCN2C(=O)N2CCOCC2)c1. The minimum absolute atomic E-state index is 0.151. The molecular weight excluding hydrogens is 455 g/mol. The number of anilines is 1. The lowest BCUT2D eigenvalue weighted by atomic mass is 10.1. The molecule has 0 spiro atoms. The van der Waals surface area contributed by atoms with E-state index in [4.69, 9.17) is 10.5 Å². The van der Waals surface area contributed by atoms with Crippen molar-refractivity contribution < 1.29 is 23.5 Å². The Balaban J connectivity index is 1.51. The maximum Gasteiger partial charge on any atom is 0.323 e. The van der Waals surface area contributed by atoms with Gasteiger partial charge in [-0.15, -0.1) is 0 Å². The number of hydrogen-bond donors (Lipinski definition) is 3. The van der Waals surface area contributed by atoms with E-state index in [9.17, 15) is 18.8 Å². The van der Waals surface area contributed by atoms with E-state index in [2.05, 4.69) is 10.6 Å². The van der Waals surface area contributed by atoms with E-state index in [0.717, 1.165) is 11.1 Å². The highest BCUT2D eigenvalue weighted by Crippen LogP contribution is 2.20. The summed E-state index contributed by atoms with van der Waals surface area (Å²) in [7, 11) is 0. The first kappa shape index (κ1) is 24.4. The molecule has 0 aliphatic carbocycles. The van der Waals surface area contributed by atoms with E-state index < -0.39 is 23.9 Å². The number of rotatable bonds is 5. The van der Waals surface area contributed by atoms with Crippen LogP contribution >= 0.6 is 0 Å². The molecular formula is C24H29FN6O4. The summed E-state index contributed by atoms with van der Waals surface area (Å²) in [6.45, 7) is 2.57. The normalized spacial score (nSPS) is 17.9. The van der Waals surface area contributed by atoms with E-state index in [1.54, 1.807) is 11.0 Å². The van der Waals surface area contributed by atoms with E-state index in [1.165, 1.54) is 28.0 Å². The van der Waals surface area contributed by atoms with Crippen molar-refractivity contribution in [3.05, 3.63) is 65.5 Å². The largest absolute Gasteiger partial charge is 0.378 e. The molecule has 2 aliphatic rings. The fourth-order valence-corrected chi connectivity index (χ4v) is 4.17. The van der Waals surface area contributed by atoms with Gasteiger partial charge >= 0.3 is 12.1 Å². The first-order valence-electron chi connectivity index (χ1n) is 11.5. The van der Waals surface area contributed by atoms with Crippen molar-refractivity contribution in [2.24, 2.45) is 5.73 Å². The Morgan fingerprint density at radius 1 is 0.971 bits per heavy atom. The molecule has 0 radical (unpaired) electrons. The van der Waals surface area contributed by atoms with Crippen LogP contribution in [0, 0.1) is 5.82 Å². The number of urea groups is 2. The molecule has 35 heavy (non-hydrogen) atoms. The number of amides is 5. The van der Waals surface area contributed by atoms with Gasteiger partial charge in [0.1, 0.15) is 5.82 Å². The molecule has 0 bridgehead atoms. The fraction of sp³-hybridized carbons (Fsp3) is 0.375. The lowest BCUT2D eigenvalue weighted by Crippen LogP contribution is -2.57. The van der Waals surface area contributed by atoms with Gasteiger partial charge in [-0.25, -0.2) is 14.0 Å². The van der Waals surface area contributed by atoms with Crippen LogP contribution in [0.3, 0.4) is 0 Å². The average Bonchev–Trinajstić information content (AvgIpc) is 3.33. The van der Waals surface area contributed by atoms with Crippen LogP contribution in [0.25, 0.3) is 0 Å². The molecule has 2 fully saturated rings. The van der Waals surface area contributed by atoms with Gasteiger partial charge in [-0.05, 0) is 29.3 Å². The minimum atomic E-state index is -1.16. The number of nitrogens with one attached hydrogen (secondary N) is 2. The first-order valence-corrected chi connectivity index (χ1v) is 11.5. The number of morpholine rings is 1. The molecule has 5 amide bonds. The zero-order valence-corrected chi connectivity index (χ0v) is 19.3. The fourth-order valence-electron chi connectivity index (χ4n) is 4.17. The summed E-state index contributed by atoms with van der Waals surface area (Å²) >= 11 is 0. The number of carbonyl (C=O) groups excluding carboxylic acids is 3. The van der Waals surface area contributed by atoms with Crippen LogP contribution in [0.2, 0.25) is 0 Å². The van der Waals surface area contributed by atoms with Crippen LogP contribution < -0.4 is 16.4 Å². The summed E-state index contributed by atoms with van der Waals surface area (Å²) in [4.78, 5) is 43.9. The lowest BCUT2D eigenvalue weighted by molar-refractivity contribution is -0.128. The van der Waals surface area contributed by atoms with Crippen LogP contribution in [0.1, 0.15) is 11.1 Å². The van der Waals surface area contributed by atoms with Crippen molar-refractivity contribution >= 4 is 23.7 Å². The molecule has 1 unspecified atom stereocenters. The summed E-state index contributed by atoms with van der Waals surface area (Å²) in [6, 6.07) is 12.0. The Labute approximate surface area is 202 Å². The van der Waals surface area contributed by atoms with Crippen LogP contribution in [-0.4, -0.2) is 78.2 Å². The number of carbonyl (C=O) groups is 3. The summed E-state index contributed by atoms with van der Waals surface area (Å²) in [5.74, 6) is -0.987. The zero-order valence-electron chi connectivity index (χ0n) is 19.3. The second-order valence-electron chi connectivity index (χ2n) is 8.32. The number of hydrogen-bond acceptors (Lipinski definition) is 5. The number of nitrogens with zero attached hydrogens (tertiary/aromatic N) is 3. The molecule has 2 heterocycles. The zero-order chi connectivity index (χ0) is 24.8. The number of nitrogens with two attached hydrogens (primary N) is 1. The van der Waals surface area contributed by atoms with E-state index >= 15 is 0 Å². The molecule has 4 rings (SSSR count). The Morgan fingerprint density at radius 2 is 1.69 bits per heavy atom. The molecule has 186 valence electrons. The topological polar surface area (TPSA) is 120 Å². The maximum atomic E-state index is 13.6. The van der Waals surface area contributed by atoms with Crippen LogP contribution in [0.15, 0.2) is 48.5 Å². The Kier molecular flexibility index (Phi) is 7.78. The molecule has 2 aromatic rings. The highest BCUT2D eigenvalue weighted by Gasteiger charge is 2.44. The van der Waals surface area contributed by atoms with E-state index in [1.807, 2.05) is 24.3 Å². The highest BCUT2D eigenvalue weighted by atomic mass is 19.1. The molecule has 10 nitrogen and oxygen atoms in total. The van der Waals surface area contributed by atoms with Crippen LogP contribution in [-0.2, 0) is 22.6 Å². The molecule has 0 aromatic heterocycles. The molecule has 4 N–H and O–H groups in total. The molecule has 2 saturated heterocycles. The number of halogens is 1. The third kappa shape index (κ3) is 5.87. The van der Waals surface area contributed by atoms with Gasteiger partial charge < -0.3 is 26.0 Å². The summed E-state index contributed by atoms with van der Waals surface area (Å²) in [5, 5.41) is 5.46. The maximum absolute atomic E-state index is 13.6. The number of benzene rings is 2. The van der Waals surface area contributed by atoms with E-state index in [0.29, 0.717) is 32.8 Å². The van der Waals surface area contributed by atoms with Crippen molar-refractivity contribution in [2.45, 2.75) is 19.3 Å². The average molecular weight is 485 g/mol. The van der Waals surface area contributed by atoms with Gasteiger partial charge in [-0.3, -0.25) is 14.6 Å². The van der Waals surface area contributed by atoms with Crippen molar-refractivity contribution in [3.63, 3.8) is 0 Å². The van der Waals surface area contributed by atoms with Crippen molar-refractivity contribution in [1.82, 2.24) is 20.0 Å². The smallest absolute Gasteiger partial charge is 0.323 e. The van der Waals surface area contributed by atoms with Gasteiger partial charge in [0.25, 0.3) is 5.91 Å². The standard InChI is InChI=1S/C24H29FN6O4/c25-19-5-2-6-20(14-19)28-23(33)30-7-8-31(24(34)29-9-11-35-12-10-29)22(30)21(32)27-16-18-4-1-3-17(13-18)15-26/h1-6,13-14,22H,7-12,15-16,26H2,(H,27,32)(H,28,33). The number of ether oxygens (including phenoxy) is 1. The van der Waals surface area contributed by atoms with Crippen LogP contribution in [0.4, 0.5) is 19.7 Å². The van der Waals surface area contributed by atoms with Gasteiger partial charge in [0, 0.05) is 45.0 Å². The first-order chi connectivity index (χ1) is 17.0. The third-order valence-corrected chi connectivity index (χ3v) is 5.96. The molecule has 2 aromatic carbocycles. The van der Waals surface area contributed by atoms with Gasteiger partial charge in [0.05, 0.1) is 13.2 Å². The van der Waals surface area contributed by atoms with Gasteiger partial charge in [0.2, 0.25) is 0 Å². The Morgan fingerprint density at radius 3 is 2.43 bits per heavy atom.